The van der Waals surface area contributed by atoms with E-state index in [-0.39, 0.29) is 30.4 Å². The van der Waals surface area contributed by atoms with Crippen LogP contribution in [0.15, 0.2) is 18.2 Å². The van der Waals surface area contributed by atoms with Gasteiger partial charge in [-0.1, -0.05) is 12.1 Å². The largest absolute Gasteiger partial charge is 0.314 e. The van der Waals surface area contributed by atoms with Crippen molar-refractivity contribution < 1.29 is 13.2 Å². The molecule has 1 aliphatic heterocycles. The van der Waals surface area contributed by atoms with Crippen LogP contribution in [0.5, 0.6) is 0 Å². The second kappa shape index (κ2) is 8.72. The number of alkyl halides is 2. The first-order valence-corrected chi connectivity index (χ1v) is 6.08. The van der Waals surface area contributed by atoms with E-state index in [1.165, 1.54) is 12.1 Å². The van der Waals surface area contributed by atoms with E-state index in [1.54, 1.807) is 17.9 Å². The molecule has 1 heterocycles. The van der Waals surface area contributed by atoms with Gasteiger partial charge in [-0.3, -0.25) is 4.90 Å². The van der Waals surface area contributed by atoms with Crippen molar-refractivity contribution in [3.05, 3.63) is 35.1 Å². The molecular weight excluding hydrogens is 312 g/mol. The van der Waals surface area contributed by atoms with Crippen LogP contribution in [0.25, 0.3) is 0 Å². The number of benzene rings is 1. The third-order valence-electron chi connectivity index (χ3n) is 3.26. The highest BCUT2D eigenvalue weighted by Gasteiger charge is 2.31. The molecule has 1 aromatic rings. The molecule has 0 spiro atoms. The second-order valence-corrected chi connectivity index (χ2v) is 4.59. The van der Waals surface area contributed by atoms with Gasteiger partial charge in [0.25, 0.3) is 6.43 Å². The van der Waals surface area contributed by atoms with E-state index in [0.29, 0.717) is 26.2 Å². The lowest BCUT2D eigenvalue weighted by atomic mass is 10.0. The molecule has 0 saturated carbocycles. The molecule has 1 aromatic carbocycles. The monoisotopic (exact) mass is 330 g/mol. The minimum absolute atomic E-state index is 0. The van der Waals surface area contributed by atoms with Crippen molar-refractivity contribution in [3.8, 4) is 0 Å². The van der Waals surface area contributed by atoms with E-state index in [1.807, 2.05) is 0 Å². The quantitative estimate of drug-likeness (QED) is 0.915. The minimum Gasteiger partial charge on any atom is -0.314 e. The fraction of sp³-hybridized carbons (Fsp3) is 0.538. The lowest BCUT2D eigenvalue weighted by molar-refractivity contribution is 0.0164. The lowest BCUT2D eigenvalue weighted by Gasteiger charge is -2.34. The zero-order valence-corrected chi connectivity index (χ0v) is 12.7. The molecule has 0 amide bonds. The third-order valence-corrected chi connectivity index (χ3v) is 3.26. The number of halogens is 5. The molecular formula is C13H19Cl2F3N2. The molecule has 1 aliphatic rings. The van der Waals surface area contributed by atoms with Crippen molar-refractivity contribution in [1.29, 1.82) is 0 Å². The van der Waals surface area contributed by atoms with E-state index in [9.17, 15) is 13.2 Å². The van der Waals surface area contributed by atoms with Gasteiger partial charge in [0.1, 0.15) is 5.82 Å². The predicted molar refractivity (Wildman–Crippen MR) is 78.8 cm³/mol. The topological polar surface area (TPSA) is 15.3 Å². The summed E-state index contributed by atoms with van der Waals surface area (Å²) in [6.07, 6.45) is -2.58. The summed E-state index contributed by atoms with van der Waals surface area (Å²) in [6, 6.07) is 3.32. The van der Waals surface area contributed by atoms with Crippen LogP contribution in [-0.2, 0) is 0 Å². The second-order valence-electron chi connectivity index (χ2n) is 4.59. The fourth-order valence-electron chi connectivity index (χ4n) is 2.32. The van der Waals surface area contributed by atoms with E-state index in [4.69, 9.17) is 0 Å². The van der Waals surface area contributed by atoms with Gasteiger partial charge in [0.15, 0.2) is 0 Å². The summed E-state index contributed by atoms with van der Waals surface area (Å²) in [5.74, 6) is -0.543. The maximum absolute atomic E-state index is 13.8. The first kappa shape index (κ1) is 19.5. The number of piperazine rings is 1. The summed E-state index contributed by atoms with van der Waals surface area (Å²) < 4.78 is 40.3. The Hall–Kier alpha value is -0.490. The van der Waals surface area contributed by atoms with Gasteiger partial charge in [-0.05, 0) is 18.6 Å². The van der Waals surface area contributed by atoms with Crippen LogP contribution in [0.2, 0.25) is 0 Å². The molecule has 0 bridgehead atoms. The summed E-state index contributed by atoms with van der Waals surface area (Å²) in [5.41, 5.74) is 0.835. The molecule has 7 heteroatoms. The maximum atomic E-state index is 13.8. The van der Waals surface area contributed by atoms with Crippen molar-refractivity contribution in [2.45, 2.75) is 19.4 Å². The first-order valence-electron chi connectivity index (χ1n) is 6.08. The highest BCUT2D eigenvalue weighted by molar-refractivity contribution is 5.85. The Kier molecular flexibility index (Phi) is 8.51. The van der Waals surface area contributed by atoms with Crippen LogP contribution in [0.4, 0.5) is 13.2 Å². The molecule has 116 valence electrons. The Morgan fingerprint density at radius 3 is 2.25 bits per heavy atom. The Labute approximate surface area is 129 Å². The van der Waals surface area contributed by atoms with Crippen LogP contribution < -0.4 is 5.32 Å². The zero-order chi connectivity index (χ0) is 13.1. The first-order chi connectivity index (χ1) is 8.59. The van der Waals surface area contributed by atoms with Gasteiger partial charge < -0.3 is 5.32 Å². The molecule has 1 atom stereocenters. The Balaban J connectivity index is 0.00000180. The summed E-state index contributed by atoms with van der Waals surface area (Å²) in [5, 5.41) is 3.10. The van der Waals surface area contributed by atoms with Crippen LogP contribution in [-0.4, -0.2) is 37.5 Å². The standard InChI is InChI=1S/C13H17F3N2.2ClH/c1-9-2-3-10(11(14)8-9)12(13(15)16)18-6-4-17-5-7-18;;/h2-3,8,12-13,17H,4-7H2,1H3;2*1H/t12-;;/m0../s1. The normalized spacial score (nSPS) is 17.2. The highest BCUT2D eigenvalue weighted by Crippen LogP contribution is 2.30. The Morgan fingerprint density at radius 2 is 1.75 bits per heavy atom. The molecule has 0 unspecified atom stereocenters. The van der Waals surface area contributed by atoms with Gasteiger partial charge in [-0.2, -0.15) is 0 Å². The summed E-state index contributed by atoms with van der Waals surface area (Å²) >= 11 is 0. The molecule has 2 nitrogen and oxygen atoms in total. The zero-order valence-electron chi connectivity index (χ0n) is 11.1. The number of rotatable bonds is 3. The highest BCUT2D eigenvalue weighted by atomic mass is 35.5. The molecule has 0 aromatic heterocycles. The molecule has 20 heavy (non-hydrogen) atoms. The SMILES string of the molecule is Cc1ccc([C@@H](C(F)F)N2CCNCC2)c(F)c1.Cl.Cl. The average molecular weight is 331 g/mol. The van der Waals surface area contributed by atoms with Crippen LogP contribution >= 0.6 is 24.8 Å². The number of aryl methyl sites for hydroxylation is 1. The molecule has 1 saturated heterocycles. The predicted octanol–water partition coefficient (Wildman–Crippen LogP) is 3.19. The van der Waals surface area contributed by atoms with Crippen LogP contribution in [0.3, 0.4) is 0 Å². The van der Waals surface area contributed by atoms with Crippen molar-refractivity contribution in [2.24, 2.45) is 0 Å². The van der Waals surface area contributed by atoms with Gasteiger partial charge in [-0.15, -0.1) is 24.8 Å². The van der Waals surface area contributed by atoms with Crippen molar-refractivity contribution in [2.75, 3.05) is 26.2 Å². The molecule has 0 radical (unpaired) electrons. The van der Waals surface area contributed by atoms with E-state index < -0.39 is 18.3 Å². The van der Waals surface area contributed by atoms with Gasteiger partial charge in [-0.25, -0.2) is 13.2 Å². The fourth-order valence-corrected chi connectivity index (χ4v) is 2.32. The summed E-state index contributed by atoms with van der Waals surface area (Å²) in [7, 11) is 0. The van der Waals surface area contributed by atoms with Crippen molar-refractivity contribution >= 4 is 24.8 Å². The Bertz CT molecular complexity index is 413. The van der Waals surface area contributed by atoms with E-state index >= 15 is 0 Å². The van der Waals surface area contributed by atoms with Crippen LogP contribution in [0, 0.1) is 12.7 Å². The third kappa shape index (κ3) is 4.52. The molecule has 2 rings (SSSR count). The van der Waals surface area contributed by atoms with Crippen molar-refractivity contribution in [3.63, 3.8) is 0 Å². The van der Waals surface area contributed by atoms with E-state index in [2.05, 4.69) is 5.32 Å². The molecule has 0 aliphatic carbocycles. The number of hydrogen-bond donors (Lipinski definition) is 1. The maximum Gasteiger partial charge on any atom is 0.258 e. The number of nitrogens with zero attached hydrogens (tertiary/aromatic N) is 1. The van der Waals surface area contributed by atoms with Crippen molar-refractivity contribution in [1.82, 2.24) is 10.2 Å². The van der Waals surface area contributed by atoms with Gasteiger partial charge >= 0.3 is 0 Å². The minimum atomic E-state index is -2.58. The van der Waals surface area contributed by atoms with Gasteiger partial charge in [0.2, 0.25) is 0 Å². The molecule has 1 fully saturated rings. The van der Waals surface area contributed by atoms with Gasteiger partial charge in [0, 0.05) is 31.7 Å². The summed E-state index contributed by atoms with van der Waals surface area (Å²) in [4.78, 5) is 1.65. The number of hydrogen-bond acceptors (Lipinski definition) is 2. The Morgan fingerprint density at radius 1 is 1.15 bits per heavy atom. The average Bonchev–Trinajstić information content (AvgIpc) is 2.33. The summed E-state index contributed by atoms with van der Waals surface area (Å²) in [6.45, 7) is 4.10. The number of nitrogens with one attached hydrogen (secondary N) is 1. The van der Waals surface area contributed by atoms with Crippen LogP contribution in [0.1, 0.15) is 17.2 Å². The molecule has 1 N–H and O–H groups in total. The van der Waals surface area contributed by atoms with Gasteiger partial charge in [0.05, 0.1) is 6.04 Å². The lowest BCUT2D eigenvalue weighted by Crippen LogP contribution is -2.47. The smallest absolute Gasteiger partial charge is 0.258 e. The van der Waals surface area contributed by atoms with E-state index in [0.717, 1.165) is 5.56 Å².